The zero-order chi connectivity index (χ0) is 9.19. The van der Waals surface area contributed by atoms with E-state index in [1.807, 2.05) is 0 Å². The van der Waals surface area contributed by atoms with Gasteiger partial charge in [0.15, 0.2) is 0 Å². The van der Waals surface area contributed by atoms with Gasteiger partial charge in [0.25, 0.3) is 0 Å². The van der Waals surface area contributed by atoms with Crippen molar-refractivity contribution in [2.45, 2.75) is 59.8 Å². The smallest absolute Gasteiger partial charge is 0.0251 e. The Hall–Kier alpha value is 0. The Bertz CT molecular complexity index is 137. The average Bonchev–Trinajstić information content (AvgIpc) is 2.05. The largest absolute Gasteiger partial charge is 0.0648 e. The summed E-state index contributed by atoms with van der Waals surface area (Å²) >= 11 is 0. The molecule has 0 amide bonds. The molecule has 0 aromatic heterocycles. The second-order valence-electron chi connectivity index (χ2n) is 4.89. The summed E-state index contributed by atoms with van der Waals surface area (Å²) in [4.78, 5) is 0. The van der Waals surface area contributed by atoms with Crippen LogP contribution in [0, 0.1) is 17.3 Å². The maximum Gasteiger partial charge on any atom is -0.0251 e. The summed E-state index contributed by atoms with van der Waals surface area (Å²) in [5.74, 6) is 1.83. The Balaban J connectivity index is 2.73. The summed E-state index contributed by atoms with van der Waals surface area (Å²) < 4.78 is 0. The van der Waals surface area contributed by atoms with Crippen LogP contribution < -0.4 is 0 Å². The van der Waals surface area contributed by atoms with E-state index < -0.39 is 0 Å². The maximum absolute atomic E-state index is 2.46. The highest BCUT2D eigenvalue weighted by atomic mass is 14.4. The highest BCUT2D eigenvalue weighted by molar-refractivity contribution is 4.88. The van der Waals surface area contributed by atoms with Crippen LogP contribution in [0.1, 0.15) is 59.8 Å². The van der Waals surface area contributed by atoms with E-state index in [2.05, 4.69) is 27.7 Å². The van der Waals surface area contributed by atoms with Gasteiger partial charge in [-0.3, -0.25) is 0 Å². The molecule has 2 atom stereocenters. The monoisotopic (exact) mass is 168 g/mol. The molecule has 1 aliphatic rings. The van der Waals surface area contributed by atoms with Crippen molar-refractivity contribution < 1.29 is 0 Å². The third-order valence-corrected chi connectivity index (χ3v) is 4.32. The van der Waals surface area contributed by atoms with E-state index in [4.69, 9.17) is 0 Å². The van der Waals surface area contributed by atoms with Gasteiger partial charge in [-0.1, -0.05) is 47.0 Å². The lowest BCUT2D eigenvalue weighted by Crippen LogP contribution is -2.36. The lowest BCUT2D eigenvalue weighted by molar-refractivity contribution is 0.0463. The summed E-state index contributed by atoms with van der Waals surface area (Å²) in [6.45, 7) is 9.65. The molecule has 1 fully saturated rings. The molecule has 0 heterocycles. The molecule has 0 nitrogen and oxygen atoms in total. The second-order valence-corrected chi connectivity index (χ2v) is 4.89. The summed E-state index contributed by atoms with van der Waals surface area (Å²) in [5, 5.41) is 0. The summed E-state index contributed by atoms with van der Waals surface area (Å²) in [7, 11) is 0. The topological polar surface area (TPSA) is 0 Å². The van der Waals surface area contributed by atoms with Crippen molar-refractivity contribution in [3.63, 3.8) is 0 Å². The van der Waals surface area contributed by atoms with Gasteiger partial charge >= 0.3 is 0 Å². The van der Waals surface area contributed by atoms with Crippen LogP contribution in [-0.2, 0) is 0 Å². The molecule has 1 saturated carbocycles. The normalized spacial score (nSPS) is 37.2. The van der Waals surface area contributed by atoms with E-state index in [0.29, 0.717) is 5.41 Å². The SMILES string of the molecule is CCC1(C(C)C)CCCCC1C. The Morgan fingerprint density at radius 3 is 2.33 bits per heavy atom. The van der Waals surface area contributed by atoms with Crippen molar-refractivity contribution in [1.82, 2.24) is 0 Å². The van der Waals surface area contributed by atoms with Gasteiger partial charge in [-0.05, 0) is 30.1 Å². The third-order valence-electron chi connectivity index (χ3n) is 4.32. The minimum absolute atomic E-state index is 0.679. The zero-order valence-electron chi connectivity index (χ0n) is 9.19. The van der Waals surface area contributed by atoms with E-state index >= 15 is 0 Å². The minimum Gasteiger partial charge on any atom is -0.0648 e. The van der Waals surface area contributed by atoms with Crippen molar-refractivity contribution >= 4 is 0 Å². The van der Waals surface area contributed by atoms with E-state index in [9.17, 15) is 0 Å². The molecule has 0 aliphatic heterocycles. The first-order chi connectivity index (χ1) is 5.63. The highest BCUT2D eigenvalue weighted by Gasteiger charge is 2.38. The van der Waals surface area contributed by atoms with Crippen molar-refractivity contribution in [1.29, 1.82) is 0 Å². The van der Waals surface area contributed by atoms with Crippen molar-refractivity contribution in [3.8, 4) is 0 Å². The molecule has 12 heavy (non-hydrogen) atoms. The first kappa shape index (κ1) is 10.1. The van der Waals surface area contributed by atoms with Crippen LogP contribution in [0.4, 0.5) is 0 Å². The van der Waals surface area contributed by atoms with Gasteiger partial charge in [-0.25, -0.2) is 0 Å². The fourth-order valence-corrected chi connectivity index (χ4v) is 3.23. The van der Waals surface area contributed by atoms with Gasteiger partial charge in [-0.2, -0.15) is 0 Å². The maximum atomic E-state index is 2.46. The molecule has 2 unspecified atom stereocenters. The molecule has 0 radical (unpaired) electrons. The first-order valence-electron chi connectivity index (χ1n) is 5.63. The van der Waals surface area contributed by atoms with Crippen LogP contribution in [0.5, 0.6) is 0 Å². The third kappa shape index (κ3) is 1.53. The van der Waals surface area contributed by atoms with Crippen LogP contribution in [0.3, 0.4) is 0 Å². The molecule has 0 aromatic carbocycles. The molecule has 0 spiro atoms. The summed E-state index contributed by atoms with van der Waals surface area (Å²) in [6.07, 6.45) is 7.26. The van der Waals surface area contributed by atoms with Gasteiger partial charge in [0, 0.05) is 0 Å². The van der Waals surface area contributed by atoms with Crippen LogP contribution in [0.2, 0.25) is 0 Å². The van der Waals surface area contributed by atoms with Crippen LogP contribution in [0.25, 0.3) is 0 Å². The van der Waals surface area contributed by atoms with Crippen molar-refractivity contribution in [3.05, 3.63) is 0 Å². The molecule has 0 heteroatoms. The molecular weight excluding hydrogens is 144 g/mol. The lowest BCUT2D eigenvalue weighted by Gasteiger charge is -2.45. The fourth-order valence-electron chi connectivity index (χ4n) is 3.23. The van der Waals surface area contributed by atoms with Gasteiger partial charge in [0.1, 0.15) is 0 Å². The lowest BCUT2D eigenvalue weighted by atomic mass is 9.60. The van der Waals surface area contributed by atoms with E-state index in [1.54, 1.807) is 0 Å². The fraction of sp³-hybridized carbons (Fsp3) is 1.00. The predicted octanol–water partition coefficient (Wildman–Crippen LogP) is 4.25. The molecule has 72 valence electrons. The molecule has 0 aromatic rings. The predicted molar refractivity (Wildman–Crippen MR) is 55.2 cm³/mol. The van der Waals surface area contributed by atoms with Crippen LogP contribution in [0.15, 0.2) is 0 Å². The van der Waals surface area contributed by atoms with Crippen molar-refractivity contribution in [2.24, 2.45) is 17.3 Å². The van der Waals surface area contributed by atoms with E-state index in [0.717, 1.165) is 11.8 Å². The number of hydrogen-bond donors (Lipinski definition) is 0. The second kappa shape index (κ2) is 3.81. The van der Waals surface area contributed by atoms with Gasteiger partial charge < -0.3 is 0 Å². The minimum atomic E-state index is 0.679. The average molecular weight is 168 g/mol. The number of hydrogen-bond acceptors (Lipinski definition) is 0. The molecule has 0 saturated heterocycles. The Kier molecular flexibility index (Phi) is 3.20. The van der Waals surface area contributed by atoms with Gasteiger partial charge in [0.2, 0.25) is 0 Å². The molecule has 1 rings (SSSR count). The number of rotatable bonds is 2. The first-order valence-corrected chi connectivity index (χ1v) is 5.63. The van der Waals surface area contributed by atoms with E-state index in [-0.39, 0.29) is 0 Å². The van der Waals surface area contributed by atoms with E-state index in [1.165, 1.54) is 32.1 Å². The Labute approximate surface area is 77.7 Å². The summed E-state index contributed by atoms with van der Waals surface area (Å²) in [5.41, 5.74) is 0.679. The molecule has 0 bridgehead atoms. The molecule has 1 aliphatic carbocycles. The zero-order valence-corrected chi connectivity index (χ0v) is 9.19. The molecule has 0 N–H and O–H groups in total. The van der Waals surface area contributed by atoms with Gasteiger partial charge in [-0.15, -0.1) is 0 Å². The van der Waals surface area contributed by atoms with Gasteiger partial charge in [0.05, 0.1) is 0 Å². The highest BCUT2D eigenvalue weighted by Crippen LogP contribution is 2.48. The van der Waals surface area contributed by atoms with Crippen LogP contribution in [-0.4, -0.2) is 0 Å². The van der Waals surface area contributed by atoms with Crippen LogP contribution >= 0.6 is 0 Å². The standard InChI is InChI=1S/C12H24/c1-5-12(10(2)3)9-7-6-8-11(12)4/h10-11H,5-9H2,1-4H3. The van der Waals surface area contributed by atoms with Crippen molar-refractivity contribution in [2.75, 3.05) is 0 Å². The quantitative estimate of drug-likeness (QED) is 0.578. The Morgan fingerprint density at radius 1 is 1.33 bits per heavy atom. The molecular formula is C12H24. The summed E-state index contributed by atoms with van der Waals surface area (Å²) in [6, 6.07) is 0. The Morgan fingerprint density at radius 2 is 2.00 bits per heavy atom.